The van der Waals surface area contributed by atoms with E-state index < -0.39 is 23.7 Å². The van der Waals surface area contributed by atoms with Gasteiger partial charge >= 0.3 is 12.1 Å². The van der Waals surface area contributed by atoms with Crippen LogP contribution in [0.25, 0.3) is 10.1 Å². The van der Waals surface area contributed by atoms with Crippen LogP contribution in [0.4, 0.5) is 17.6 Å². The molecule has 27 heavy (non-hydrogen) atoms. The Morgan fingerprint density at radius 1 is 1.41 bits per heavy atom. The second kappa shape index (κ2) is 7.01. The Bertz CT molecular complexity index is 1030. The summed E-state index contributed by atoms with van der Waals surface area (Å²) in [4.78, 5) is 10.9. The summed E-state index contributed by atoms with van der Waals surface area (Å²) in [6, 6.07) is 1.99. The first kappa shape index (κ1) is 19.4. The number of alkyl halides is 3. The van der Waals surface area contributed by atoms with Crippen LogP contribution in [0.3, 0.4) is 0 Å². The summed E-state index contributed by atoms with van der Waals surface area (Å²) in [5.41, 5.74) is -0.607. The highest BCUT2D eigenvalue weighted by Crippen LogP contribution is 2.39. The molecule has 0 aliphatic rings. The van der Waals surface area contributed by atoms with Gasteiger partial charge in [0.25, 0.3) is 0 Å². The van der Waals surface area contributed by atoms with Gasteiger partial charge in [-0.1, -0.05) is 11.6 Å². The number of hydrogen-bond acceptors (Lipinski definition) is 4. The quantitative estimate of drug-likeness (QED) is 0.608. The molecular weight excluding hydrogens is 412 g/mol. The number of aryl methyl sites for hydroxylation is 1. The fourth-order valence-corrected chi connectivity index (χ4v) is 3.90. The smallest absolute Gasteiger partial charge is 0.435 e. The van der Waals surface area contributed by atoms with Crippen molar-refractivity contribution in [3.8, 4) is 5.75 Å². The van der Waals surface area contributed by atoms with Gasteiger partial charge in [-0.25, -0.2) is 4.39 Å². The van der Waals surface area contributed by atoms with Gasteiger partial charge in [0, 0.05) is 18.5 Å². The molecule has 0 aliphatic heterocycles. The molecule has 0 atom stereocenters. The number of thiophene rings is 1. The largest absolute Gasteiger partial charge is 0.484 e. The molecular formula is C16H11ClF4N2O3S. The lowest BCUT2D eigenvalue weighted by molar-refractivity contribution is -0.141. The van der Waals surface area contributed by atoms with Crippen LogP contribution in [0.15, 0.2) is 17.5 Å². The Morgan fingerprint density at radius 2 is 2.11 bits per heavy atom. The first-order valence-electron chi connectivity index (χ1n) is 7.40. The van der Waals surface area contributed by atoms with Crippen molar-refractivity contribution < 1.29 is 32.2 Å². The lowest BCUT2D eigenvalue weighted by atomic mass is 10.1. The first-order chi connectivity index (χ1) is 12.6. The van der Waals surface area contributed by atoms with Crippen molar-refractivity contribution in [2.24, 2.45) is 7.05 Å². The minimum absolute atomic E-state index is 0.0932. The maximum absolute atomic E-state index is 14.7. The first-order valence-corrected chi connectivity index (χ1v) is 8.66. The van der Waals surface area contributed by atoms with Gasteiger partial charge in [0.2, 0.25) is 0 Å². The normalized spacial score (nSPS) is 11.9. The highest BCUT2D eigenvalue weighted by atomic mass is 35.5. The summed E-state index contributed by atoms with van der Waals surface area (Å²) in [5.74, 6) is -2.08. The maximum atomic E-state index is 14.7. The van der Waals surface area contributed by atoms with Crippen LogP contribution in [-0.4, -0.2) is 20.9 Å². The van der Waals surface area contributed by atoms with Gasteiger partial charge in [0.05, 0.1) is 21.8 Å². The monoisotopic (exact) mass is 422 g/mol. The zero-order valence-electron chi connectivity index (χ0n) is 13.6. The summed E-state index contributed by atoms with van der Waals surface area (Å²) >= 11 is 7.12. The number of carboxylic acids is 1. The third kappa shape index (κ3) is 3.86. The molecule has 0 radical (unpaired) electrons. The van der Waals surface area contributed by atoms with Crippen LogP contribution < -0.4 is 4.74 Å². The van der Waals surface area contributed by atoms with E-state index in [1.54, 1.807) is 0 Å². The van der Waals surface area contributed by atoms with Gasteiger partial charge in [-0.15, -0.1) is 11.3 Å². The van der Waals surface area contributed by atoms with E-state index in [0.717, 1.165) is 22.1 Å². The van der Waals surface area contributed by atoms with Crippen molar-refractivity contribution in [1.82, 2.24) is 9.78 Å². The van der Waals surface area contributed by atoms with E-state index in [4.69, 9.17) is 21.4 Å². The summed E-state index contributed by atoms with van der Waals surface area (Å²) < 4.78 is 59.2. The third-order valence-corrected chi connectivity index (χ3v) is 5.08. The lowest BCUT2D eigenvalue weighted by Crippen LogP contribution is -2.06. The Morgan fingerprint density at radius 3 is 2.70 bits per heavy atom. The summed E-state index contributed by atoms with van der Waals surface area (Å²) in [6.07, 6.45) is -4.91. The molecule has 1 aromatic carbocycles. The SMILES string of the molecule is Cn1nc(C(F)(F)F)cc1COc1cc(Cl)c2c(CC(=O)O)csc2c1F. The maximum Gasteiger partial charge on any atom is 0.435 e. The van der Waals surface area contributed by atoms with Crippen LogP contribution in [0.5, 0.6) is 5.75 Å². The third-order valence-electron chi connectivity index (χ3n) is 3.76. The summed E-state index contributed by atoms with van der Waals surface area (Å²) in [7, 11) is 1.32. The standard InChI is InChI=1S/C16H11ClF4N2O3S/c1-23-8(3-11(22-23)16(19,20)21)5-26-10-4-9(17)13-7(2-12(24)25)6-27-15(13)14(10)18/h3-4,6H,2,5H2,1H3,(H,24,25). The van der Waals surface area contributed by atoms with Crippen LogP contribution in [0.2, 0.25) is 5.02 Å². The van der Waals surface area contributed by atoms with Crippen molar-refractivity contribution in [3.63, 3.8) is 0 Å². The fourth-order valence-electron chi connectivity index (χ4n) is 2.51. The van der Waals surface area contributed by atoms with Gasteiger partial charge in [-0.05, 0) is 17.0 Å². The number of halogens is 5. The van der Waals surface area contributed by atoms with E-state index in [1.165, 1.54) is 18.5 Å². The van der Waals surface area contributed by atoms with E-state index in [2.05, 4.69) is 5.10 Å². The van der Waals surface area contributed by atoms with Gasteiger partial charge in [-0.2, -0.15) is 18.3 Å². The molecule has 0 spiro atoms. The number of aliphatic carboxylic acids is 1. The average Bonchev–Trinajstić information content (AvgIpc) is 3.13. The predicted molar refractivity (Wildman–Crippen MR) is 90.7 cm³/mol. The van der Waals surface area contributed by atoms with Crippen LogP contribution >= 0.6 is 22.9 Å². The Kier molecular flexibility index (Phi) is 5.04. The number of hydrogen-bond donors (Lipinski definition) is 1. The Balaban J connectivity index is 1.89. The van der Waals surface area contributed by atoms with E-state index in [0.29, 0.717) is 5.56 Å². The number of carbonyl (C=O) groups is 1. The molecule has 1 N–H and O–H groups in total. The van der Waals surface area contributed by atoms with Gasteiger partial charge in [0.1, 0.15) is 6.61 Å². The molecule has 2 heterocycles. The average molecular weight is 423 g/mol. The zero-order chi connectivity index (χ0) is 19.9. The van der Waals surface area contributed by atoms with Crippen molar-refractivity contribution in [1.29, 1.82) is 0 Å². The number of aromatic nitrogens is 2. The topological polar surface area (TPSA) is 64.4 Å². The van der Waals surface area contributed by atoms with Gasteiger partial charge in [0.15, 0.2) is 17.3 Å². The molecule has 144 valence electrons. The molecule has 2 aromatic heterocycles. The van der Waals surface area contributed by atoms with Crippen molar-refractivity contribution in [3.05, 3.63) is 45.3 Å². The number of rotatable bonds is 5. The molecule has 0 aliphatic carbocycles. The number of ether oxygens (including phenoxy) is 1. The molecule has 5 nitrogen and oxygen atoms in total. The number of fused-ring (bicyclic) bond motifs is 1. The van der Waals surface area contributed by atoms with Crippen molar-refractivity contribution in [2.75, 3.05) is 0 Å². The highest BCUT2D eigenvalue weighted by Gasteiger charge is 2.34. The molecule has 0 amide bonds. The summed E-state index contributed by atoms with van der Waals surface area (Å²) in [5, 5.41) is 14.1. The minimum Gasteiger partial charge on any atom is -0.484 e. The van der Waals surface area contributed by atoms with Crippen LogP contribution in [0, 0.1) is 5.82 Å². The lowest BCUT2D eigenvalue weighted by Gasteiger charge is -2.09. The highest BCUT2D eigenvalue weighted by molar-refractivity contribution is 7.17. The molecule has 11 heteroatoms. The molecule has 0 unspecified atom stereocenters. The zero-order valence-corrected chi connectivity index (χ0v) is 15.2. The van der Waals surface area contributed by atoms with E-state index >= 15 is 0 Å². The molecule has 0 saturated carbocycles. The van der Waals surface area contributed by atoms with E-state index in [-0.39, 0.29) is 39.6 Å². The second-order valence-electron chi connectivity index (χ2n) is 5.64. The van der Waals surface area contributed by atoms with E-state index in [9.17, 15) is 22.4 Å². The molecule has 0 saturated heterocycles. The van der Waals surface area contributed by atoms with E-state index in [1.807, 2.05) is 0 Å². The minimum atomic E-state index is -4.60. The number of benzene rings is 1. The van der Waals surface area contributed by atoms with Crippen molar-refractivity contribution in [2.45, 2.75) is 19.2 Å². The molecule has 3 rings (SSSR count). The second-order valence-corrected chi connectivity index (χ2v) is 6.92. The van der Waals surface area contributed by atoms with Crippen LogP contribution in [0.1, 0.15) is 17.0 Å². The predicted octanol–water partition coefficient (Wildman–Crippen LogP) is 4.65. The van der Waals surface area contributed by atoms with Crippen molar-refractivity contribution >= 4 is 39.0 Å². The molecule has 0 bridgehead atoms. The summed E-state index contributed by atoms with van der Waals surface area (Å²) in [6.45, 7) is -0.355. The Labute approximate surface area is 158 Å². The number of nitrogens with zero attached hydrogens (tertiary/aromatic N) is 2. The Hall–Kier alpha value is -2.33. The van der Waals surface area contributed by atoms with Gasteiger partial charge in [-0.3, -0.25) is 9.48 Å². The number of carboxylic acid groups (broad SMARTS) is 1. The molecule has 0 fully saturated rings. The fraction of sp³-hybridized carbons (Fsp3) is 0.250. The van der Waals surface area contributed by atoms with Crippen LogP contribution in [-0.2, 0) is 31.0 Å². The molecule has 3 aromatic rings. The van der Waals surface area contributed by atoms with Gasteiger partial charge < -0.3 is 9.84 Å².